The third kappa shape index (κ3) is 25.8. The van der Waals surface area contributed by atoms with Crippen molar-refractivity contribution in [1.29, 1.82) is 0 Å². The second-order valence-corrected chi connectivity index (χ2v) is 10.5. The van der Waals surface area contributed by atoms with Gasteiger partial charge in [-0.25, -0.2) is 0 Å². The summed E-state index contributed by atoms with van der Waals surface area (Å²) in [7, 11) is -3.76. The molecule has 4 nitrogen and oxygen atoms in total. The monoisotopic (exact) mass is 434 g/mol. The van der Waals surface area contributed by atoms with Crippen LogP contribution in [0.25, 0.3) is 0 Å². The summed E-state index contributed by atoms with van der Waals surface area (Å²) in [6.45, 7) is 2.22. The third-order valence-corrected chi connectivity index (χ3v) is 6.64. The molecule has 0 aromatic rings. The summed E-state index contributed by atoms with van der Waals surface area (Å²) in [5, 5.41) is 9.96. The van der Waals surface area contributed by atoms with Crippen molar-refractivity contribution >= 4 is 10.1 Å². The van der Waals surface area contributed by atoms with Crippen LogP contribution in [0.4, 0.5) is 0 Å². The van der Waals surface area contributed by atoms with Gasteiger partial charge < -0.3 is 5.11 Å². The number of hydrogen-bond donors (Lipinski definition) is 2. The van der Waals surface area contributed by atoms with Gasteiger partial charge in [0, 0.05) is 0 Å². The van der Waals surface area contributed by atoms with Gasteiger partial charge in [-0.1, -0.05) is 122 Å². The molecule has 0 aliphatic rings. The molecule has 2 N–H and O–H groups in total. The fraction of sp³-hybridized carbons (Fsp3) is 1.00. The summed E-state index contributed by atoms with van der Waals surface area (Å²) in [6, 6.07) is 0. The van der Waals surface area contributed by atoms with E-state index in [0.29, 0.717) is 6.42 Å². The highest BCUT2D eigenvalue weighted by molar-refractivity contribution is 7.85. The Balaban J connectivity index is 3.13. The molecule has 1 atom stereocenters. The van der Waals surface area contributed by atoms with Gasteiger partial charge in [-0.3, -0.25) is 4.55 Å². The quantitative estimate of drug-likeness (QED) is 0.129. The van der Waals surface area contributed by atoms with E-state index in [2.05, 4.69) is 6.92 Å². The van der Waals surface area contributed by atoms with Crippen LogP contribution in [0, 0.1) is 0 Å². The second-order valence-electron chi connectivity index (χ2n) is 8.88. The third-order valence-electron chi connectivity index (χ3n) is 5.83. The van der Waals surface area contributed by atoms with E-state index in [1.54, 1.807) is 0 Å². The van der Waals surface area contributed by atoms with E-state index >= 15 is 0 Å². The minimum atomic E-state index is -3.76. The zero-order valence-corrected chi connectivity index (χ0v) is 20.1. The predicted octanol–water partition coefficient (Wildman–Crippen LogP) is 7.45. The minimum Gasteiger partial charge on any atom is -0.393 e. The Morgan fingerprint density at radius 1 is 0.552 bits per heavy atom. The van der Waals surface area contributed by atoms with Crippen LogP contribution in [0.15, 0.2) is 0 Å². The predicted molar refractivity (Wildman–Crippen MR) is 125 cm³/mol. The van der Waals surface area contributed by atoms with Crippen molar-refractivity contribution in [3.63, 3.8) is 0 Å². The molecule has 0 aromatic carbocycles. The molecule has 0 bridgehead atoms. The number of hydrogen-bond acceptors (Lipinski definition) is 3. The Morgan fingerprint density at radius 2 is 0.862 bits per heavy atom. The number of unbranched alkanes of at least 4 members (excludes halogenated alkanes) is 17. The van der Waals surface area contributed by atoms with E-state index in [1.165, 1.54) is 103 Å². The average Bonchev–Trinajstić information content (AvgIpc) is 2.66. The van der Waals surface area contributed by atoms with Crippen LogP contribution in [-0.4, -0.2) is 29.9 Å². The molecule has 0 spiro atoms. The molecule has 29 heavy (non-hydrogen) atoms. The maximum absolute atomic E-state index is 10.6. The molecule has 0 aliphatic carbocycles. The molecule has 0 saturated carbocycles. The summed E-state index contributed by atoms with van der Waals surface area (Å²) in [6.07, 6.45) is 25.1. The molecule has 0 radical (unpaired) electrons. The molecule has 0 aliphatic heterocycles. The van der Waals surface area contributed by atoms with Gasteiger partial charge in [0.05, 0.1) is 11.9 Å². The van der Waals surface area contributed by atoms with Crippen molar-refractivity contribution in [2.45, 2.75) is 148 Å². The lowest BCUT2D eigenvalue weighted by molar-refractivity contribution is 0.147. The summed E-state index contributed by atoms with van der Waals surface area (Å²) in [5.41, 5.74) is 0. The van der Waals surface area contributed by atoms with Crippen LogP contribution >= 0.6 is 0 Å². The van der Waals surface area contributed by atoms with Gasteiger partial charge in [0.2, 0.25) is 0 Å². The van der Waals surface area contributed by atoms with Gasteiger partial charge >= 0.3 is 0 Å². The number of aliphatic hydroxyl groups is 1. The summed E-state index contributed by atoms with van der Waals surface area (Å²) in [5.74, 6) is -0.0892. The lowest BCUT2D eigenvalue weighted by Crippen LogP contribution is -2.05. The smallest absolute Gasteiger partial charge is 0.264 e. The highest BCUT2D eigenvalue weighted by Gasteiger charge is 2.04. The topological polar surface area (TPSA) is 74.6 Å². The van der Waals surface area contributed by atoms with E-state index in [-0.39, 0.29) is 11.9 Å². The molecule has 0 heterocycles. The normalized spacial score (nSPS) is 13.1. The van der Waals surface area contributed by atoms with Crippen LogP contribution in [0.3, 0.4) is 0 Å². The molecular formula is C24H50O4S. The van der Waals surface area contributed by atoms with Crippen molar-refractivity contribution in [1.82, 2.24) is 0 Å². The zero-order chi connectivity index (χ0) is 21.6. The Hall–Kier alpha value is -0.130. The van der Waals surface area contributed by atoms with Crippen LogP contribution in [0.5, 0.6) is 0 Å². The van der Waals surface area contributed by atoms with Gasteiger partial charge in [-0.15, -0.1) is 0 Å². The Bertz CT molecular complexity index is 423. The van der Waals surface area contributed by atoms with Crippen molar-refractivity contribution in [2.75, 3.05) is 5.75 Å². The molecule has 5 heteroatoms. The molecule has 0 fully saturated rings. The summed E-state index contributed by atoms with van der Waals surface area (Å²) < 4.78 is 29.9. The van der Waals surface area contributed by atoms with E-state index in [1.807, 2.05) is 0 Å². The van der Waals surface area contributed by atoms with Crippen LogP contribution in [0.2, 0.25) is 0 Å². The Labute approximate surface area is 182 Å². The zero-order valence-electron chi connectivity index (χ0n) is 19.3. The van der Waals surface area contributed by atoms with E-state index in [9.17, 15) is 13.5 Å². The van der Waals surface area contributed by atoms with Crippen molar-refractivity contribution in [2.24, 2.45) is 0 Å². The molecule has 1 unspecified atom stereocenters. The molecule has 0 rings (SSSR count). The minimum absolute atomic E-state index is 0.0662. The standard InChI is InChI=1S/C24H50O4S/c1-2-3-4-18-21-24(25)22-19-16-14-12-10-8-6-5-7-9-11-13-15-17-20-23-29(26,27)28/h24-25H,2-23H2,1H3,(H,26,27,28). The Kier molecular flexibility index (Phi) is 21.0. The summed E-state index contributed by atoms with van der Waals surface area (Å²) >= 11 is 0. The molecule has 0 amide bonds. The van der Waals surface area contributed by atoms with Gasteiger partial charge in [-0.2, -0.15) is 8.42 Å². The maximum atomic E-state index is 10.6. The van der Waals surface area contributed by atoms with Crippen molar-refractivity contribution in [3.05, 3.63) is 0 Å². The molecule has 176 valence electrons. The first-order valence-corrected chi connectivity index (χ1v) is 14.2. The highest BCUT2D eigenvalue weighted by atomic mass is 32.2. The van der Waals surface area contributed by atoms with E-state index in [0.717, 1.165) is 25.7 Å². The fourth-order valence-electron chi connectivity index (χ4n) is 3.91. The van der Waals surface area contributed by atoms with Crippen molar-refractivity contribution in [3.8, 4) is 0 Å². The van der Waals surface area contributed by atoms with Gasteiger partial charge in [-0.05, 0) is 19.3 Å². The van der Waals surface area contributed by atoms with Crippen molar-refractivity contribution < 1.29 is 18.1 Å². The van der Waals surface area contributed by atoms with Gasteiger partial charge in [0.15, 0.2) is 0 Å². The summed E-state index contributed by atoms with van der Waals surface area (Å²) in [4.78, 5) is 0. The highest BCUT2D eigenvalue weighted by Crippen LogP contribution is 2.15. The Morgan fingerprint density at radius 3 is 1.21 bits per heavy atom. The first-order valence-electron chi connectivity index (χ1n) is 12.6. The van der Waals surface area contributed by atoms with Crippen LogP contribution in [0.1, 0.15) is 142 Å². The molecule has 0 aromatic heterocycles. The SMILES string of the molecule is CCCCCCC(O)CCCCCCCCCCCCCCCCCS(=O)(=O)O. The first kappa shape index (κ1) is 28.9. The lowest BCUT2D eigenvalue weighted by Gasteiger charge is -2.10. The lowest BCUT2D eigenvalue weighted by atomic mass is 10.0. The first-order chi connectivity index (χ1) is 14.0. The fourth-order valence-corrected chi connectivity index (χ4v) is 4.48. The van der Waals surface area contributed by atoms with Gasteiger partial charge in [0.1, 0.15) is 0 Å². The van der Waals surface area contributed by atoms with E-state index < -0.39 is 10.1 Å². The maximum Gasteiger partial charge on any atom is 0.264 e. The molecule has 0 saturated heterocycles. The molecular weight excluding hydrogens is 384 g/mol. The number of rotatable bonds is 23. The number of aliphatic hydroxyl groups excluding tert-OH is 1. The van der Waals surface area contributed by atoms with Gasteiger partial charge in [0.25, 0.3) is 10.1 Å². The average molecular weight is 435 g/mol. The van der Waals surface area contributed by atoms with Crippen LogP contribution in [-0.2, 0) is 10.1 Å². The van der Waals surface area contributed by atoms with E-state index in [4.69, 9.17) is 4.55 Å². The van der Waals surface area contributed by atoms with Crippen LogP contribution < -0.4 is 0 Å². The largest absolute Gasteiger partial charge is 0.393 e. The second kappa shape index (κ2) is 21.1.